The van der Waals surface area contributed by atoms with Gasteiger partial charge >= 0.3 is 12.1 Å². The summed E-state index contributed by atoms with van der Waals surface area (Å²) in [6, 6.07) is 17.8. The van der Waals surface area contributed by atoms with E-state index in [-0.39, 0.29) is 19.0 Å². The van der Waals surface area contributed by atoms with Crippen molar-refractivity contribution in [3.63, 3.8) is 0 Å². The van der Waals surface area contributed by atoms with Crippen LogP contribution in [0.25, 0.3) is 0 Å². The van der Waals surface area contributed by atoms with Gasteiger partial charge in [-0.25, -0.2) is 9.59 Å². The lowest BCUT2D eigenvalue weighted by Crippen LogP contribution is -2.43. The third kappa shape index (κ3) is 7.96. The quantitative estimate of drug-likeness (QED) is 0.460. The van der Waals surface area contributed by atoms with Gasteiger partial charge in [0, 0.05) is 0 Å². The van der Waals surface area contributed by atoms with Gasteiger partial charge in [0.05, 0.1) is 6.04 Å². The number of rotatable bonds is 9. The summed E-state index contributed by atoms with van der Waals surface area (Å²) in [4.78, 5) is 25.5. The summed E-state index contributed by atoms with van der Waals surface area (Å²) in [5.41, 5.74) is 1.04. The molecule has 0 fully saturated rings. The highest BCUT2D eigenvalue weighted by Crippen LogP contribution is 2.18. The third-order valence-corrected chi connectivity index (χ3v) is 4.63. The van der Waals surface area contributed by atoms with Crippen LogP contribution in [-0.4, -0.2) is 49.0 Å². The molecule has 34 heavy (non-hydrogen) atoms. The zero-order valence-electron chi connectivity index (χ0n) is 19.4. The Hall–Kier alpha value is -3.79. The highest BCUT2D eigenvalue weighted by molar-refractivity contribution is 5.69. The normalized spacial score (nSPS) is 13.1. The van der Waals surface area contributed by atoms with Crippen LogP contribution >= 0.6 is 0 Å². The van der Waals surface area contributed by atoms with Gasteiger partial charge in [0.25, 0.3) is 0 Å². The van der Waals surface area contributed by atoms with Crippen molar-refractivity contribution in [1.82, 2.24) is 25.5 Å². The van der Waals surface area contributed by atoms with Crippen LogP contribution in [0.1, 0.15) is 43.8 Å². The highest BCUT2D eigenvalue weighted by Gasteiger charge is 2.29. The molecule has 1 amide bonds. The van der Waals surface area contributed by atoms with Gasteiger partial charge in [-0.05, 0) is 43.5 Å². The molecule has 3 aromatic rings. The maximum Gasteiger partial charge on any atom is 0.407 e. The summed E-state index contributed by atoms with van der Waals surface area (Å²) in [6.45, 7) is 5.11. The highest BCUT2D eigenvalue weighted by atomic mass is 16.6. The van der Waals surface area contributed by atoms with Gasteiger partial charge < -0.3 is 19.9 Å². The van der Waals surface area contributed by atoms with E-state index in [2.05, 4.69) is 20.7 Å². The first kappa shape index (κ1) is 24.8. The number of nitrogens with one attached hydrogen (secondary N) is 1. The van der Waals surface area contributed by atoms with Gasteiger partial charge in [-0.3, -0.25) is 0 Å². The average Bonchev–Trinajstić information content (AvgIpc) is 3.25. The smallest absolute Gasteiger partial charge is 0.407 e. The van der Waals surface area contributed by atoms with E-state index in [9.17, 15) is 14.7 Å². The van der Waals surface area contributed by atoms with E-state index in [1.807, 2.05) is 60.7 Å². The van der Waals surface area contributed by atoms with E-state index in [1.165, 1.54) is 0 Å². The maximum absolute atomic E-state index is 12.4. The van der Waals surface area contributed by atoms with Crippen molar-refractivity contribution >= 4 is 12.1 Å². The Labute approximate surface area is 197 Å². The first-order chi connectivity index (χ1) is 16.2. The summed E-state index contributed by atoms with van der Waals surface area (Å²) in [5.74, 6) is -0.581. The number of hydrogen-bond acceptors (Lipinski definition) is 8. The number of aliphatic hydroxyl groups excluding tert-OH is 1. The summed E-state index contributed by atoms with van der Waals surface area (Å²) < 4.78 is 10.6. The fourth-order valence-electron chi connectivity index (χ4n) is 3.09. The fraction of sp³-hybridized carbons (Fsp3) is 0.375. The van der Waals surface area contributed by atoms with Crippen molar-refractivity contribution in [1.29, 1.82) is 0 Å². The molecule has 2 aromatic carbocycles. The van der Waals surface area contributed by atoms with E-state index in [0.717, 1.165) is 15.9 Å². The van der Waals surface area contributed by atoms with Gasteiger partial charge in [-0.1, -0.05) is 60.7 Å². The number of alkyl carbamates (subject to hydrolysis) is 1. The van der Waals surface area contributed by atoms with Crippen LogP contribution in [0.3, 0.4) is 0 Å². The Morgan fingerprint density at radius 1 is 1.03 bits per heavy atom. The van der Waals surface area contributed by atoms with E-state index in [0.29, 0.717) is 6.42 Å². The van der Waals surface area contributed by atoms with Crippen LogP contribution in [-0.2, 0) is 33.8 Å². The summed E-state index contributed by atoms with van der Waals surface area (Å²) in [6.07, 6.45) is -1.67. The molecule has 0 unspecified atom stereocenters. The zero-order valence-corrected chi connectivity index (χ0v) is 19.4. The number of hydrogen-bond donors (Lipinski definition) is 2. The van der Waals surface area contributed by atoms with E-state index >= 15 is 0 Å². The number of aliphatic hydroxyl groups is 1. The lowest BCUT2D eigenvalue weighted by molar-refractivity contribution is -0.146. The molecule has 0 saturated carbocycles. The molecule has 10 nitrogen and oxygen atoms in total. The summed E-state index contributed by atoms with van der Waals surface area (Å²) in [5, 5.41) is 25.4. The number of tetrazole rings is 1. The minimum absolute atomic E-state index is 0.0344. The van der Waals surface area contributed by atoms with E-state index in [4.69, 9.17) is 9.47 Å². The minimum Gasteiger partial charge on any atom is -0.459 e. The number of carbonyl (C=O) groups is 2. The average molecular weight is 468 g/mol. The van der Waals surface area contributed by atoms with Crippen molar-refractivity contribution in [2.45, 2.75) is 58.1 Å². The molecule has 2 atom stereocenters. The van der Waals surface area contributed by atoms with Crippen LogP contribution < -0.4 is 5.32 Å². The molecule has 3 rings (SSSR count). The summed E-state index contributed by atoms with van der Waals surface area (Å²) in [7, 11) is 0. The lowest BCUT2D eigenvalue weighted by atomic mass is 10.0. The Kier molecular flexibility index (Phi) is 8.31. The monoisotopic (exact) mass is 467 g/mol. The minimum atomic E-state index is -1.29. The van der Waals surface area contributed by atoms with Crippen molar-refractivity contribution in [3.05, 3.63) is 77.6 Å². The molecular formula is C24H29N5O5. The molecule has 0 aliphatic carbocycles. The van der Waals surface area contributed by atoms with Crippen molar-refractivity contribution in [2.75, 3.05) is 0 Å². The molecule has 1 aromatic heterocycles. The Balaban J connectivity index is 1.65. The maximum atomic E-state index is 12.4. The molecule has 0 radical (unpaired) electrons. The Morgan fingerprint density at radius 2 is 1.65 bits per heavy atom. The van der Waals surface area contributed by atoms with E-state index in [1.54, 1.807) is 20.8 Å². The number of carbonyl (C=O) groups excluding carboxylic acids is 2. The second-order valence-corrected chi connectivity index (χ2v) is 8.71. The van der Waals surface area contributed by atoms with Crippen LogP contribution in [0, 0.1) is 0 Å². The van der Waals surface area contributed by atoms with Gasteiger partial charge in [-0.15, -0.1) is 10.2 Å². The second-order valence-electron chi connectivity index (χ2n) is 8.71. The van der Waals surface area contributed by atoms with Crippen LogP contribution in [0.4, 0.5) is 4.79 Å². The number of aromatic nitrogens is 4. The van der Waals surface area contributed by atoms with Crippen LogP contribution in [0.15, 0.2) is 60.7 Å². The number of nitrogens with zero attached hydrogens (tertiary/aromatic N) is 4. The molecule has 10 heteroatoms. The molecule has 0 bridgehead atoms. The first-order valence-corrected chi connectivity index (χ1v) is 10.9. The number of amides is 1. The number of benzene rings is 2. The Morgan fingerprint density at radius 3 is 2.26 bits per heavy atom. The Bertz CT molecular complexity index is 1070. The molecule has 0 aliphatic rings. The SMILES string of the molecule is CC(C)(C)OC(=O)N[C@@H](Cc1ccccc1)[C@@H](O)c1nnn(CC(=O)OCc2ccccc2)n1. The van der Waals surface area contributed by atoms with Gasteiger partial charge in [0.2, 0.25) is 5.82 Å². The molecular weight excluding hydrogens is 438 g/mol. The van der Waals surface area contributed by atoms with Crippen LogP contribution in [0.2, 0.25) is 0 Å². The van der Waals surface area contributed by atoms with Crippen molar-refractivity contribution < 1.29 is 24.2 Å². The predicted molar refractivity (Wildman–Crippen MR) is 122 cm³/mol. The van der Waals surface area contributed by atoms with Gasteiger partial charge in [0.1, 0.15) is 18.3 Å². The molecule has 0 spiro atoms. The van der Waals surface area contributed by atoms with Gasteiger partial charge in [0.15, 0.2) is 6.54 Å². The molecule has 1 heterocycles. The predicted octanol–water partition coefficient (Wildman–Crippen LogP) is 2.59. The third-order valence-electron chi connectivity index (χ3n) is 4.63. The lowest BCUT2D eigenvalue weighted by Gasteiger charge is -2.25. The topological polar surface area (TPSA) is 128 Å². The van der Waals surface area contributed by atoms with Gasteiger partial charge in [-0.2, -0.15) is 4.80 Å². The van der Waals surface area contributed by atoms with E-state index < -0.39 is 29.8 Å². The first-order valence-electron chi connectivity index (χ1n) is 10.9. The molecule has 0 aliphatic heterocycles. The standard InChI is InChI=1S/C24H29N5O5/c1-24(2,3)34-23(32)25-19(14-17-10-6-4-7-11-17)21(31)22-26-28-29(27-22)15-20(30)33-16-18-12-8-5-9-13-18/h4-13,19,21,31H,14-16H2,1-3H3,(H,25,32)/t19-,21+/m0/s1. The van der Waals surface area contributed by atoms with Crippen molar-refractivity contribution in [2.24, 2.45) is 0 Å². The molecule has 2 N–H and O–H groups in total. The van der Waals surface area contributed by atoms with Crippen molar-refractivity contribution in [3.8, 4) is 0 Å². The molecule has 0 saturated heterocycles. The number of esters is 1. The fourth-order valence-corrected chi connectivity index (χ4v) is 3.09. The zero-order chi connectivity index (χ0) is 24.6. The summed E-state index contributed by atoms with van der Waals surface area (Å²) >= 11 is 0. The second kappa shape index (κ2) is 11.4. The number of ether oxygens (including phenoxy) is 2. The van der Waals surface area contributed by atoms with Crippen LogP contribution in [0.5, 0.6) is 0 Å². The molecule has 180 valence electrons. The largest absolute Gasteiger partial charge is 0.459 e.